The van der Waals surface area contributed by atoms with E-state index in [0.29, 0.717) is 39.1 Å². The van der Waals surface area contributed by atoms with E-state index in [-0.39, 0.29) is 10.8 Å². The molecule has 9 heteroatoms. The number of benzene rings is 2. The van der Waals surface area contributed by atoms with E-state index in [2.05, 4.69) is 10.2 Å². The zero-order chi connectivity index (χ0) is 22.4. The van der Waals surface area contributed by atoms with Gasteiger partial charge in [0.05, 0.1) is 31.3 Å². The first kappa shape index (κ1) is 22.7. The highest BCUT2D eigenvalue weighted by Gasteiger charge is 2.26. The van der Waals surface area contributed by atoms with Crippen molar-refractivity contribution < 1.29 is 22.7 Å². The van der Waals surface area contributed by atoms with Crippen molar-refractivity contribution in [3.05, 3.63) is 54.1 Å². The lowest BCUT2D eigenvalue weighted by molar-refractivity contribution is -0.116. The molecular weight excluding hydrogens is 430 g/mol. The Morgan fingerprint density at radius 2 is 1.44 bits per heavy atom. The van der Waals surface area contributed by atoms with Crippen molar-refractivity contribution in [2.45, 2.75) is 17.7 Å². The molecule has 0 atom stereocenters. The number of hydrogen-bond donors (Lipinski definition) is 1. The van der Waals surface area contributed by atoms with Gasteiger partial charge >= 0.3 is 0 Å². The molecule has 0 aromatic heterocycles. The Morgan fingerprint density at radius 1 is 0.844 bits per heavy atom. The van der Waals surface area contributed by atoms with Crippen LogP contribution in [0.15, 0.2) is 53.4 Å². The van der Waals surface area contributed by atoms with E-state index in [1.54, 1.807) is 24.3 Å². The van der Waals surface area contributed by atoms with Gasteiger partial charge in [-0.2, -0.15) is 4.31 Å². The Kier molecular flexibility index (Phi) is 7.41. The first-order valence-electron chi connectivity index (χ1n) is 10.9. The highest BCUT2D eigenvalue weighted by Crippen LogP contribution is 2.20. The second-order valence-corrected chi connectivity index (χ2v) is 9.79. The van der Waals surface area contributed by atoms with E-state index >= 15 is 0 Å². The molecule has 0 unspecified atom stereocenters. The van der Waals surface area contributed by atoms with E-state index in [9.17, 15) is 13.2 Å². The number of nitrogens with zero attached hydrogens (tertiary/aromatic N) is 2. The van der Waals surface area contributed by atoms with Crippen molar-refractivity contribution in [1.82, 2.24) is 4.31 Å². The first-order valence-corrected chi connectivity index (χ1v) is 12.4. The SMILES string of the molecule is O=C(CCc1ccc(S(=O)(=O)N2CCOCC2)cc1)Nc1ccc(N2CCOCC2)cc1. The molecule has 8 nitrogen and oxygen atoms in total. The summed E-state index contributed by atoms with van der Waals surface area (Å²) in [5, 5.41) is 2.92. The third-order valence-electron chi connectivity index (χ3n) is 5.70. The van der Waals surface area contributed by atoms with Crippen LogP contribution in [0.2, 0.25) is 0 Å². The minimum atomic E-state index is -3.50. The maximum atomic E-state index is 12.7. The molecule has 2 aliphatic heterocycles. The molecule has 2 aromatic carbocycles. The van der Waals surface area contributed by atoms with Gasteiger partial charge < -0.3 is 19.7 Å². The number of morpholine rings is 2. The molecule has 32 heavy (non-hydrogen) atoms. The third-order valence-corrected chi connectivity index (χ3v) is 7.61. The molecule has 4 rings (SSSR count). The van der Waals surface area contributed by atoms with Crippen LogP contribution in [0.3, 0.4) is 0 Å². The van der Waals surface area contributed by atoms with Crippen LogP contribution < -0.4 is 10.2 Å². The average Bonchev–Trinajstić information content (AvgIpc) is 2.84. The molecule has 0 spiro atoms. The fourth-order valence-corrected chi connectivity index (χ4v) is 5.23. The summed E-state index contributed by atoms with van der Waals surface area (Å²) in [5.74, 6) is -0.0749. The average molecular weight is 460 g/mol. The van der Waals surface area contributed by atoms with Crippen LogP contribution in [0.25, 0.3) is 0 Å². The summed E-state index contributed by atoms with van der Waals surface area (Å²) in [7, 11) is -3.50. The smallest absolute Gasteiger partial charge is 0.243 e. The van der Waals surface area contributed by atoms with E-state index in [1.165, 1.54) is 4.31 Å². The van der Waals surface area contributed by atoms with Crippen molar-refractivity contribution in [2.24, 2.45) is 0 Å². The lowest BCUT2D eigenvalue weighted by Gasteiger charge is -2.28. The molecule has 0 saturated carbocycles. The van der Waals surface area contributed by atoms with Gasteiger partial charge in [-0.1, -0.05) is 12.1 Å². The molecule has 2 heterocycles. The Bertz CT molecular complexity index is 997. The molecule has 2 aliphatic rings. The Hall–Kier alpha value is -2.46. The fraction of sp³-hybridized carbons (Fsp3) is 0.435. The quantitative estimate of drug-likeness (QED) is 0.682. The van der Waals surface area contributed by atoms with Crippen molar-refractivity contribution >= 4 is 27.3 Å². The molecule has 0 aliphatic carbocycles. The summed E-state index contributed by atoms with van der Waals surface area (Å²) in [6.45, 7) is 4.80. The standard InChI is InChI=1S/C23H29N3O5S/c27-23(24-20-4-6-21(7-5-20)25-11-15-30-16-12-25)10-3-19-1-8-22(9-2-19)32(28,29)26-13-17-31-18-14-26/h1-2,4-9H,3,10-18H2,(H,24,27). The Morgan fingerprint density at radius 3 is 2.06 bits per heavy atom. The van der Waals surface area contributed by atoms with E-state index in [0.717, 1.165) is 43.2 Å². The van der Waals surface area contributed by atoms with Crippen LogP contribution in [-0.2, 0) is 30.7 Å². The number of rotatable bonds is 7. The summed E-state index contributed by atoms with van der Waals surface area (Å²) in [6, 6.07) is 14.6. The molecule has 1 N–H and O–H groups in total. The van der Waals surface area contributed by atoms with Crippen LogP contribution in [-0.4, -0.2) is 71.2 Å². The molecule has 2 aromatic rings. The number of ether oxygens (including phenoxy) is 2. The van der Waals surface area contributed by atoms with Gasteiger partial charge in [0.2, 0.25) is 15.9 Å². The molecule has 0 radical (unpaired) electrons. The lowest BCUT2D eigenvalue weighted by atomic mass is 10.1. The highest BCUT2D eigenvalue weighted by atomic mass is 32.2. The monoisotopic (exact) mass is 459 g/mol. The predicted octanol–water partition coefficient (Wildman–Crippen LogP) is 2.12. The minimum Gasteiger partial charge on any atom is -0.379 e. The number of carbonyl (C=O) groups excluding carboxylic acids is 1. The number of hydrogen-bond acceptors (Lipinski definition) is 6. The van der Waals surface area contributed by atoms with Crippen LogP contribution in [0.1, 0.15) is 12.0 Å². The molecule has 2 saturated heterocycles. The maximum absolute atomic E-state index is 12.7. The fourth-order valence-electron chi connectivity index (χ4n) is 3.82. The number of amides is 1. The first-order chi connectivity index (χ1) is 15.5. The summed E-state index contributed by atoms with van der Waals surface area (Å²) in [5.41, 5.74) is 2.81. The number of aryl methyl sites for hydroxylation is 1. The van der Waals surface area contributed by atoms with Gasteiger partial charge in [0, 0.05) is 44.0 Å². The maximum Gasteiger partial charge on any atom is 0.243 e. The lowest BCUT2D eigenvalue weighted by Crippen LogP contribution is -2.40. The summed E-state index contributed by atoms with van der Waals surface area (Å²) < 4.78 is 37.4. The van der Waals surface area contributed by atoms with Crippen molar-refractivity contribution in [1.29, 1.82) is 0 Å². The minimum absolute atomic E-state index is 0.0749. The zero-order valence-electron chi connectivity index (χ0n) is 18.0. The predicted molar refractivity (Wildman–Crippen MR) is 122 cm³/mol. The van der Waals surface area contributed by atoms with Gasteiger partial charge in [-0.25, -0.2) is 8.42 Å². The van der Waals surface area contributed by atoms with Gasteiger partial charge in [0.25, 0.3) is 0 Å². The molecular formula is C23H29N3O5S. The topological polar surface area (TPSA) is 88.2 Å². The number of carbonyl (C=O) groups is 1. The van der Waals surface area contributed by atoms with Gasteiger partial charge in [0.15, 0.2) is 0 Å². The Labute approximate surface area is 189 Å². The van der Waals surface area contributed by atoms with Gasteiger partial charge in [-0.15, -0.1) is 0 Å². The van der Waals surface area contributed by atoms with E-state index < -0.39 is 10.0 Å². The van der Waals surface area contributed by atoms with E-state index in [4.69, 9.17) is 9.47 Å². The highest BCUT2D eigenvalue weighted by molar-refractivity contribution is 7.89. The summed E-state index contributed by atoms with van der Waals surface area (Å²) in [6.07, 6.45) is 0.857. The summed E-state index contributed by atoms with van der Waals surface area (Å²) >= 11 is 0. The van der Waals surface area contributed by atoms with Crippen LogP contribution in [0.5, 0.6) is 0 Å². The van der Waals surface area contributed by atoms with Crippen molar-refractivity contribution in [2.75, 3.05) is 62.8 Å². The molecule has 1 amide bonds. The van der Waals surface area contributed by atoms with Crippen LogP contribution in [0, 0.1) is 0 Å². The Balaban J connectivity index is 1.27. The van der Waals surface area contributed by atoms with E-state index in [1.807, 2.05) is 24.3 Å². The molecule has 2 fully saturated rings. The number of anilines is 2. The van der Waals surface area contributed by atoms with Crippen LogP contribution >= 0.6 is 0 Å². The van der Waals surface area contributed by atoms with Gasteiger partial charge in [-0.3, -0.25) is 4.79 Å². The largest absolute Gasteiger partial charge is 0.379 e. The second kappa shape index (κ2) is 10.4. The number of nitrogens with one attached hydrogen (secondary N) is 1. The van der Waals surface area contributed by atoms with Crippen molar-refractivity contribution in [3.8, 4) is 0 Å². The molecule has 0 bridgehead atoms. The summed E-state index contributed by atoms with van der Waals surface area (Å²) in [4.78, 5) is 14.9. The molecule has 172 valence electrons. The third kappa shape index (κ3) is 5.66. The normalized spacial score (nSPS) is 17.8. The van der Waals surface area contributed by atoms with Gasteiger partial charge in [0.1, 0.15) is 0 Å². The van der Waals surface area contributed by atoms with Crippen LogP contribution in [0.4, 0.5) is 11.4 Å². The van der Waals surface area contributed by atoms with Crippen molar-refractivity contribution in [3.63, 3.8) is 0 Å². The second-order valence-electron chi connectivity index (χ2n) is 7.85. The number of sulfonamides is 1. The van der Waals surface area contributed by atoms with Gasteiger partial charge in [-0.05, 0) is 48.4 Å². The zero-order valence-corrected chi connectivity index (χ0v) is 18.9.